The Kier molecular flexibility index (Phi) is 18.0. The molecule has 2 saturated heterocycles. The molecule has 0 bridgehead atoms. The maximum absolute atomic E-state index is 12.7. The number of aliphatic hydroxyl groups excluding tert-OH is 3. The average molecular weight is 952 g/mol. The van der Waals surface area contributed by atoms with Crippen LogP contribution in [0.25, 0.3) is 11.2 Å². The molecule has 0 aliphatic carbocycles. The molecule has 0 aromatic carbocycles. The van der Waals surface area contributed by atoms with Gasteiger partial charge in [0.25, 0.3) is 0 Å². The van der Waals surface area contributed by atoms with E-state index in [1.165, 1.54) is 13.8 Å². The average Bonchev–Trinajstić information content (AvgIpc) is 3.88. The first-order valence-corrected chi connectivity index (χ1v) is 24.2. The largest absolute Gasteiger partial charge is 0.481 e. The summed E-state index contributed by atoms with van der Waals surface area (Å²) in [5.41, 5.74) is 4.24. The van der Waals surface area contributed by atoms with Crippen LogP contribution in [0.3, 0.4) is 0 Å². The van der Waals surface area contributed by atoms with Gasteiger partial charge < -0.3 is 60.7 Å². The van der Waals surface area contributed by atoms with Gasteiger partial charge in [0, 0.05) is 30.7 Å². The third-order valence-electron chi connectivity index (χ3n) is 9.42. The van der Waals surface area contributed by atoms with Crippen LogP contribution in [-0.4, -0.2) is 146 Å². The molecule has 61 heavy (non-hydrogen) atoms. The van der Waals surface area contributed by atoms with Crippen molar-refractivity contribution < 1.29 is 90.3 Å². The number of aliphatic hydroxyl groups is 3. The Bertz CT molecular complexity index is 1990. The molecular formula is C31H52N7O19P3S. The van der Waals surface area contributed by atoms with Crippen LogP contribution in [0.15, 0.2) is 12.7 Å². The van der Waals surface area contributed by atoms with E-state index < -0.39 is 90.7 Å². The van der Waals surface area contributed by atoms with Crippen molar-refractivity contribution in [1.82, 2.24) is 30.2 Å². The van der Waals surface area contributed by atoms with Gasteiger partial charge >= 0.3 is 23.5 Å². The van der Waals surface area contributed by atoms with Crippen LogP contribution in [-0.2, 0) is 55.4 Å². The molecule has 2 aromatic heterocycles. The lowest BCUT2D eigenvalue weighted by molar-refractivity contribution is -0.137. The zero-order chi connectivity index (χ0) is 45.5. The topological polar surface area (TPSA) is 393 Å². The van der Waals surface area contributed by atoms with E-state index in [1.54, 1.807) is 13.8 Å². The fraction of sp³-hybridized carbons (Fsp3) is 0.742. The maximum Gasteiger partial charge on any atom is 0.481 e. The molecule has 4 heterocycles. The van der Waals surface area contributed by atoms with Gasteiger partial charge in [-0.2, -0.15) is 4.31 Å². The lowest BCUT2D eigenvalue weighted by Gasteiger charge is -2.30. The summed E-state index contributed by atoms with van der Waals surface area (Å²) in [6.07, 6.45) is -5.84. The first-order valence-electron chi connectivity index (χ1n) is 18.7. The van der Waals surface area contributed by atoms with Crippen LogP contribution in [0.5, 0.6) is 0 Å². The first-order chi connectivity index (χ1) is 28.3. The van der Waals surface area contributed by atoms with E-state index in [9.17, 15) is 63.0 Å². The van der Waals surface area contributed by atoms with Gasteiger partial charge in [0.2, 0.25) is 11.8 Å². The zero-order valence-electron chi connectivity index (χ0n) is 33.4. The number of imidazole rings is 1. The van der Waals surface area contributed by atoms with Crippen LogP contribution in [0.1, 0.15) is 59.6 Å². The zero-order valence-corrected chi connectivity index (χ0v) is 36.9. The number of nitrogens with two attached hydrogens (primary N) is 1. The molecule has 26 nitrogen and oxygen atoms in total. The Morgan fingerprint density at radius 3 is 2.38 bits per heavy atom. The number of rotatable bonds is 23. The number of ether oxygens (including phenoxy) is 2. The molecule has 11 atom stereocenters. The summed E-state index contributed by atoms with van der Waals surface area (Å²) in [5.74, 6) is -1.57. The predicted molar refractivity (Wildman–Crippen MR) is 210 cm³/mol. The van der Waals surface area contributed by atoms with E-state index >= 15 is 0 Å². The second-order valence-corrected chi connectivity index (χ2v) is 20.3. The summed E-state index contributed by atoms with van der Waals surface area (Å²) in [4.78, 5) is 88.6. The van der Waals surface area contributed by atoms with Gasteiger partial charge in [-0.25, -0.2) is 28.6 Å². The number of carbonyl (C=O) groups is 3. The summed E-state index contributed by atoms with van der Waals surface area (Å²) in [6, 6.07) is 0. The number of phosphoric ester groups is 3. The lowest BCUT2D eigenvalue weighted by atomic mass is 9.87. The monoisotopic (exact) mass is 951 g/mol. The van der Waals surface area contributed by atoms with E-state index in [0.717, 1.165) is 35.4 Å². The van der Waals surface area contributed by atoms with Gasteiger partial charge in [0.15, 0.2) is 22.8 Å². The van der Waals surface area contributed by atoms with E-state index in [-0.39, 0.29) is 59.7 Å². The van der Waals surface area contributed by atoms with E-state index in [4.69, 9.17) is 24.3 Å². The van der Waals surface area contributed by atoms with Crippen molar-refractivity contribution in [2.24, 2.45) is 11.3 Å². The number of anilines is 1. The van der Waals surface area contributed by atoms with Crippen molar-refractivity contribution in [2.45, 2.75) is 102 Å². The van der Waals surface area contributed by atoms with E-state index in [2.05, 4.69) is 34.4 Å². The molecule has 2 fully saturated rings. The van der Waals surface area contributed by atoms with Crippen molar-refractivity contribution in [3.63, 3.8) is 0 Å². The Morgan fingerprint density at radius 1 is 1.02 bits per heavy atom. The SMILES string of the molecule is C[C@H](C(=O)SCCNC(=O)CCNC(=O)[C@H](O)C(C)(C)COP(=O)(O)OP(=O)(O)OC[C@H]1O[C@@H](n2cnc3c(N)ncnc32)[C@H](O)[C@@H]1OP(=O)(O)O)[C@@H]1CC[C@H](C[C@@H](C)O)O1. The minimum Gasteiger partial charge on any atom is -0.393 e. The number of thioether (sulfide) groups is 1. The second kappa shape index (κ2) is 21.4. The minimum absolute atomic E-state index is 0.0261. The third kappa shape index (κ3) is 15.0. The van der Waals surface area contributed by atoms with Gasteiger partial charge in [-0.3, -0.25) is 32.5 Å². The van der Waals surface area contributed by atoms with Crippen LogP contribution in [0.2, 0.25) is 0 Å². The fourth-order valence-electron chi connectivity index (χ4n) is 6.22. The normalized spacial score (nSPS) is 25.7. The van der Waals surface area contributed by atoms with E-state index in [0.29, 0.717) is 18.6 Å². The second-order valence-electron chi connectivity index (χ2n) is 15.0. The molecule has 4 rings (SSSR count). The van der Waals surface area contributed by atoms with Crippen molar-refractivity contribution in [1.29, 1.82) is 0 Å². The van der Waals surface area contributed by atoms with Gasteiger partial charge in [-0.05, 0) is 26.2 Å². The van der Waals surface area contributed by atoms with Crippen molar-refractivity contribution >= 4 is 69.1 Å². The van der Waals surface area contributed by atoms with Crippen LogP contribution >= 0.6 is 35.2 Å². The highest BCUT2D eigenvalue weighted by molar-refractivity contribution is 8.13. The highest BCUT2D eigenvalue weighted by atomic mass is 32.2. The summed E-state index contributed by atoms with van der Waals surface area (Å²) < 4.78 is 68.2. The number of nitrogens with one attached hydrogen (secondary N) is 2. The molecule has 0 saturated carbocycles. The van der Waals surface area contributed by atoms with Crippen LogP contribution < -0.4 is 16.4 Å². The maximum atomic E-state index is 12.7. The van der Waals surface area contributed by atoms with Crippen molar-refractivity contribution in [3.05, 3.63) is 12.7 Å². The standard InChI is InChI=1S/C31H52N7O19P3S/c1-16(39)11-18-5-6-19(54-18)17(2)30(44)61-10-9-33-21(40)7-8-34-28(43)25(42)31(3,4)13-53-60(50,51)57-59(48,49)52-12-20-24(56-58(45,46)47)23(41)29(55-20)38-15-37-22-26(32)35-14-36-27(22)38/h14-20,23-25,29,39,41-42H,5-13H2,1-4H3,(H,33,40)(H,34,43)(H,48,49)(H,50,51)(H2,32,35,36)(H2,45,46,47)/t16-,17+,18-,19+,20-,23-,24-,25+,29-/m1/s1. The molecule has 0 radical (unpaired) electrons. The molecule has 30 heteroatoms. The molecule has 2 aromatic rings. The summed E-state index contributed by atoms with van der Waals surface area (Å²) in [6.45, 7) is 3.86. The quantitative estimate of drug-likeness (QED) is 0.0501. The molecular weight excluding hydrogens is 899 g/mol. The van der Waals surface area contributed by atoms with Crippen LogP contribution in [0.4, 0.5) is 5.82 Å². The smallest absolute Gasteiger partial charge is 0.393 e. The van der Waals surface area contributed by atoms with E-state index in [1.807, 2.05) is 0 Å². The summed E-state index contributed by atoms with van der Waals surface area (Å²) >= 11 is 1.05. The number of phosphoric acid groups is 3. The molecule has 2 aliphatic heterocycles. The number of fused-ring (bicyclic) bond motifs is 1. The molecule has 2 aliphatic rings. The highest BCUT2D eigenvalue weighted by Crippen LogP contribution is 2.61. The molecule has 2 unspecified atom stereocenters. The molecule has 11 N–H and O–H groups in total. The van der Waals surface area contributed by atoms with Gasteiger partial charge in [-0.15, -0.1) is 0 Å². The summed E-state index contributed by atoms with van der Waals surface area (Å²) in [7, 11) is -16.4. The molecule has 0 spiro atoms. The number of hydrogen-bond acceptors (Lipinski definition) is 20. The Balaban J connectivity index is 1.19. The number of aromatic nitrogens is 4. The Hall–Kier alpha value is -2.52. The number of nitrogens with zero attached hydrogens (tertiary/aromatic N) is 4. The molecule has 2 amide bonds. The molecule has 346 valence electrons. The highest BCUT2D eigenvalue weighted by Gasteiger charge is 2.50. The van der Waals surface area contributed by atoms with Gasteiger partial charge in [0.1, 0.15) is 36.3 Å². The van der Waals surface area contributed by atoms with Gasteiger partial charge in [0.05, 0.1) is 43.8 Å². The van der Waals surface area contributed by atoms with Crippen molar-refractivity contribution in [3.8, 4) is 0 Å². The van der Waals surface area contributed by atoms with Crippen LogP contribution in [0, 0.1) is 11.3 Å². The fourth-order valence-corrected chi connectivity index (χ4v) is 9.87. The van der Waals surface area contributed by atoms with Crippen molar-refractivity contribution in [2.75, 3.05) is 37.8 Å². The number of hydrogen-bond donors (Lipinski definition) is 10. The van der Waals surface area contributed by atoms with Gasteiger partial charge in [-0.1, -0.05) is 32.5 Å². The third-order valence-corrected chi connectivity index (χ3v) is 13.6. The minimum atomic E-state index is -5.58. The lowest BCUT2D eigenvalue weighted by Crippen LogP contribution is -2.46. The first kappa shape index (κ1) is 51.1. The number of nitrogen functional groups attached to an aromatic ring is 1. The number of amides is 2. The Morgan fingerprint density at radius 2 is 1.70 bits per heavy atom. The Labute approximate surface area is 353 Å². The predicted octanol–water partition coefficient (Wildman–Crippen LogP) is -0.381. The number of carbonyl (C=O) groups excluding carboxylic acids is 3. The summed E-state index contributed by atoms with van der Waals surface area (Å²) in [5, 5.41) is 36.0.